The van der Waals surface area contributed by atoms with Crippen molar-refractivity contribution in [3.63, 3.8) is 0 Å². The van der Waals surface area contributed by atoms with E-state index in [1.165, 1.54) is 14.2 Å². The predicted octanol–water partition coefficient (Wildman–Crippen LogP) is 4.22. The van der Waals surface area contributed by atoms with Gasteiger partial charge in [0.1, 0.15) is 0 Å². The van der Waals surface area contributed by atoms with E-state index < -0.39 is 15.3 Å². The Hall–Kier alpha value is -1.18. The van der Waals surface area contributed by atoms with Gasteiger partial charge in [-0.3, -0.25) is 0 Å². The standard InChI is InChI=1S/C13H17NO4S2/c1-9(2)19-11-8-6-5-7-10(11)14(3,12(15)16)20-13(17)18-4/h5-9H,1-4H3/p+1. The fraction of sp³-hybridized carbons (Fsp3) is 0.385. The second-order valence-corrected chi connectivity index (χ2v) is 7.25. The average molecular weight is 316 g/mol. The van der Waals surface area contributed by atoms with Gasteiger partial charge in [0.15, 0.2) is 5.69 Å². The lowest BCUT2D eigenvalue weighted by Gasteiger charge is -2.25. The Morgan fingerprint density at radius 3 is 2.40 bits per heavy atom. The van der Waals surface area contributed by atoms with Crippen LogP contribution in [0.25, 0.3) is 0 Å². The van der Waals surface area contributed by atoms with E-state index in [0.717, 1.165) is 4.90 Å². The molecule has 110 valence electrons. The summed E-state index contributed by atoms with van der Waals surface area (Å²) in [7, 11) is 2.69. The summed E-state index contributed by atoms with van der Waals surface area (Å²) >= 11 is 2.17. The van der Waals surface area contributed by atoms with E-state index >= 15 is 0 Å². The molecule has 0 aliphatic rings. The highest BCUT2D eigenvalue weighted by atomic mass is 32.2. The first-order valence-electron chi connectivity index (χ1n) is 5.95. The molecule has 1 amide bonds. The third-order valence-corrected chi connectivity index (χ3v) is 4.58. The first-order chi connectivity index (χ1) is 9.31. The Balaban J connectivity index is 3.28. The Labute approximate surface area is 127 Å². The number of thioether (sulfide) groups is 1. The van der Waals surface area contributed by atoms with E-state index in [9.17, 15) is 14.7 Å². The molecular formula is C13H18NO4S2+. The lowest BCUT2D eigenvalue weighted by Crippen LogP contribution is -2.44. The average Bonchev–Trinajstić information content (AvgIpc) is 2.38. The van der Waals surface area contributed by atoms with Crippen molar-refractivity contribution in [2.75, 3.05) is 14.2 Å². The molecule has 0 aromatic heterocycles. The summed E-state index contributed by atoms with van der Waals surface area (Å²) in [5.74, 6) is 0. The van der Waals surface area contributed by atoms with E-state index in [-0.39, 0.29) is 0 Å². The van der Waals surface area contributed by atoms with Crippen LogP contribution in [0.4, 0.5) is 15.3 Å². The van der Waals surface area contributed by atoms with E-state index in [1.807, 2.05) is 26.0 Å². The van der Waals surface area contributed by atoms with Crippen LogP contribution in [0, 0.1) is 0 Å². The molecule has 1 aromatic carbocycles. The fourth-order valence-corrected chi connectivity index (χ4v) is 3.34. The van der Waals surface area contributed by atoms with E-state index in [1.54, 1.807) is 23.9 Å². The molecule has 5 nitrogen and oxygen atoms in total. The van der Waals surface area contributed by atoms with Crippen molar-refractivity contribution in [2.24, 2.45) is 0 Å². The molecule has 0 heterocycles. The van der Waals surface area contributed by atoms with Crippen LogP contribution >= 0.6 is 23.7 Å². The smallest absolute Gasteiger partial charge is 0.457 e. The van der Waals surface area contributed by atoms with Gasteiger partial charge in [0.25, 0.3) is 0 Å². The molecule has 0 fully saturated rings. The van der Waals surface area contributed by atoms with Crippen molar-refractivity contribution in [3.8, 4) is 0 Å². The Morgan fingerprint density at radius 1 is 1.30 bits per heavy atom. The number of hydrogen-bond acceptors (Lipinski definition) is 5. The van der Waals surface area contributed by atoms with E-state index in [2.05, 4.69) is 4.74 Å². The molecule has 0 saturated carbocycles. The highest BCUT2D eigenvalue weighted by molar-refractivity contribution is 8.13. The number of methoxy groups -OCH3 is 1. The zero-order chi connectivity index (χ0) is 15.3. The highest BCUT2D eigenvalue weighted by Gasteiger charge is 2.42. The van der Waals surface area contributed by atoms with Crippen LogP contribution in [0.3, 0.4) is 0 Å². The maximum absolute atomic E-state index is 11.6. The zero-order valence-corrected chi connectivity index (χ0v) is 13.5. The lowest BCUT2D eigenvalue weighted by atomic mass is 10.3. The van der Waals surface area contributed by atoms with Gasteiger partial charge < -0.3 is 9.84 Å². The molecule has 20 heavy (non-hydrogen) atoms. The zero-order valence-electron chi connectivity index (χ0n) is 11.8. The van der Waals surface area contributed by atoms with E-state index in [4.69, 9.17) is 0 Å². The summed E-state index contributed by atoms with van der Waals surface area (Å²) in [5, 5.41) is 9.19. The number of quaternary nitrogens is 1. The monoisotopic (exact) mass is 316 g/mol. The van der Waals surface area contributed by atoms with Crippen LogP contribution in [-0.4, -0.2) is 35.9 Å². The number of benzene rings is 1. The topological polar surface area (TPSA) is 63.6 Å². The Kier molecular flexibility index (Phi) is 5.91. The van der Waals surface area contributed by atoms with Crippen LogP contribution in [0.1, 0.15) is 13.8 Å². The molecule has 0 bridgehead atoms. The Bertz CT molecular complexity index is 507. The van der Waals surface area contributed by atoms with Gasteiger partial charge in [-0.25, -0.2) is 4.79 Å². The third kappa shape index (κ3) is 3.91. The molecule has 7 heteroatoms. The predicted molar refractivity (Wildman–Crippen MR) is 83.2 cm³/mol. The largest absolute Gasteiger partial charge is 0.531 e. The maximum Gasteiger partial charge on any atom is 0.531 e. The van der Waals surface area contributed by atoms with Crippen LogP contribution < -0.4 is 3.89 Å². The van der Waals surface area contributed by atoms with Gasteiger partial charge in [0.2, 0.25) is 11.9 Å². The SMILES string of the molecule is COC(=O)S[N+](C)(C(=O)O)c1ccccc1SC(C)C. The highest BCUT2D eigenvalue weighted by Crippen LogP contribution is 2.40. The van der Waals surface area contributed by atoms with Crippen molar-refractivity contribution < 1.29 is 19.4 Å². The number of carbonyl (C=O) groups is 2. The third-order valence-electron chi connectivity index (χ3n) is 2.48. The number of amides is 1. The number of carbonyl (C=O) groups excluding carboxylic acids is 1. The fourth-order valence-electron chi connectivity index (χ4n) is 1.54. The summed E-state index contributed by atoms with van der Waals surface area (Å²) in [6.07, 6.45) is -1.13. The van der Waals surface area contributed by atoms with Gasteiger partial charge >= 0.3 is 11.4 Å². The molecule has 0 spiro atoms. The molecule has 1 aromatic rings. The number of rotatable bonds is 3. The summed E-state index contributed by atoms with van der Waals surface area (Å²) in [6.45, 7) is 4.06. The molecular weight excluding hydrogens is 298 g/mol. The molecule has 0 radical (unpaired) electrons. The summed E-state index contributed by atoms with van der Waals surface area (Å²) in [6, 6.07) is 7.19. The molecule has 0 aliphatic carbocycles. The van der Waals surface area contributed by atoms with Gasteiger partial charge in [-0.2, -0.15) is 4.79 Å². The second kappa shape index (κ2) is 7.01. The summed E-state index contributed by atoms with van der Waals surface area (Å²) in [5.41, 5.74) is 0.550. The molecule has 1 N–H and O–H groups in total. The van der Waals surface area contributed by atoms with Crippen LogP contribution in [-0.2, 0) is 4.74 Å². The minimum Gasteiger partial charge on any atom is -0.457 e. The number of para-hydroxylation sites is 1. The van der Waals surface area contributed by atoms with Crippen LogP contribution in [0.5, 0.6) is 0 Å². The second-order valence-electron chi connectivity index (χ2n) is 4.39. The quantitative estimate of drug-likeness (QED) is 0.390. The van der Waals surface area contributed by atoms with Gasteiger partial charge in [0, 0.05) is 11.3 Å². The molecule has 0 saturated heterocycles. The van der Waals surface area contributed by atoms with Crippen LogP contribution in [0.15, 0.2) is 29.2 Å². The van der Waals surface area contributed by atoms with Crippen molar-refractivity contribution >= 4 is 40.8 Å². The number of ether oxygens (including phenoxy) is 1. The van der Waals surface area contributed by atoms with Crippen molar-refractivity contribution in [2.45, 2.75) is 24.0 Å². The van der Waals surface area contributed by atoms with Crippen molar-refractivity contribution in [1.82, 2.24) is 3.89 Å². The van der Waals surface area contributed by atoms with Crippen molar-refractivity contribution in [1.29, 1.82) is 0 Å². The minimum absolute atomic E-state index is 0.307. The molecule has 1 rings (SSSR count). The lowest BCUT2D eigenvalue weighted by molar-refractivity contribution is 0.178. The Morgan fingerprint density at radius 2 is 1.90 bits per heavy atom. The maximum atomic E-state index is 11.6. The van der Waals surface area contributed by atoms with Gasteiger partial charge in [-0.1, -0.05) is 26.0 Å². The first kappa shape index (κ1) is 16.9. The van der Waals surface area contributed by atoms with Gasteiger partial charge in [0.05, 0.1) is 19.1 Å². The summed E-state index contributed by atoms with van der Waals surface area (Å²) in [4.78, 5) is 24.0. The summed E-state index contributed by atoms with van der Waals surface area (Å²) < 4.78 is 3.97. The number of carboxylic acid groups (broad SMARTS) is 1. The van der Waals surface area contributed by atoms with Crippen LogP contribution in [0.2, 0.25) is 0 Å². The van der Waals surface area contributed by atoms with E-state index in [0.29, 0.717) is 22.9 Å². The molecule has 0 aliphatic heterocycles. The normalized spacial score (nSPS) is 13.8. The number of hydrogen-bond donors (Lipinski definition) is 1. The number of nitrogens with zero attached hydrogens (tertiary/aromatic N) is 1. The molecule has 1 unspecified atom stereocenters. The van der Waals surface area contributed by atoms with Gasteiger partial charge in [-0.15, -0.1) is 15.7 Å². The minimum atomic E-state index is -1.13. The van der Waals surface area contributed by atoms with Crippen molar-refractivity contribution in [3.05, 3.63) is 24.3 Å². The first-order valence-corrected chi connectivity index (χ1v) is 7.60. The van der Waals surface area contributed by atoms with Gasteiger partial charge in [-0.05, 0) is 6.07 Å². The molecule has 1 atom stereocenters.